The van der Waals surface area contributed by atoms with E-state index >= 15 is 0 Å². The number of piperidine rings is 1. The minimum Gasteiger partial charge on any atom is -0.326 e. The molecular weight excluding hydrogens is 454 g/mol. The summed E-state index contributed by atoms with van der Waals surface area (Å²) in [6, 6.07) is 11.6. The molecule has 0 aromatic heterocycles. The summed E-state index contributed by atoms with van der Waals surface area (Å²) in [4.78, 5) is 38.4. The quantitative estimate of drug-likeness (QED) is 0.635. The van der Waals surface area contributed by atoms with Crippen LogP contribution < -0.4 is 10.2 Å². The SMILES string of the molecule is CC(=O)c1cccc(S(=O)(=O)N2CCC(C(=O)Nc3ccc(N4CCCC4=O)c(C)c3)CC2)c1. The predicted octanol–water partition coefficient (Wildman–Crippen LogP) is 3.36. The third-order valence-corrected chi connectivity index (χ3v) is 8.43. The van der Waals surface area contributed by atoms with E-state index in [9.17, 15) is 22.8 Å². The highest BCUT2D eigenvalue weighted by molar-refractivity contribution is 7.89. The van der Waals surface area contributed by atoms with Gasteiger partial charge in [-0.15, -0.1) is 0 Å². The van der Waals surface area contributed by atoms with Crippen LogP contribution in [-0.4, -0.2) is 50.0 Å². The molecule has 0 saturated carbocycles. The average Bonchev–Trinajstić information content (AvgIpc) is 3.24. The molecule has 2 aromatic rings. The molecule has 0 aliphatic carbocycles. The van der Waals surface area contributed by atoms with Crippen molar-refractivity contribution in [2.75, 3.05) is 29.9 Å². The zero-order valence-corrected chi connectivity index (χ0v) is 20.2. The Kier molecular flexibility index (Phi) is 6.86. The van der Waals surface area contributed by atoms with Crippen molar-refractivity contribution in [3.05, 3.63) is 53.6 Å². The number of anilines is 2. The van der Waals surface area contributed by atoms with Gasteiger partial charge >= 0.3 is 0 Å². The Hall–Kier alpha value is -3.04. The molecule has 4 rings (SSSR count). The number of nitrogens with zero attached hydrogens (tertiary/aromatic N) is 2. The number of carbonyl (C=O) groups is 3. The fourth-order valence-corrected chi connectivity index (χ4v) is 6.08. The van der Waals surface area contributed by atoms with E-state index in [-0.39, 0.29) is 41.5 Å². The minimum atomic E-state index is -3.73. The number of Topliss-reactive ketones (excluding diaryl/α,β-unsaturated/α-hetero) is 1. The summed E-state index contributed by atoms with van der Waals surface area (Å²) in [7, 11) is -3.73. The number of hydrogen-bond donors (Lipinski definition) is 1. The van der Waals surface area contributed by atoms with Crippen molar-refractivity contribution >= 4 is 39.0 Å². The maximum Gasteiger partial charge on any atom is 0.243 e. The molecule has 180 valence electrons. The number of ketones is 1. The zero-order valence-electron chi connectivity index (χ0n) is 19.4. The monoisotopic (exact) mass is 483 g/mol. The highest BCUT2D eigenvalue weighted by Crippen LogP contribution is 2.29. The molecule has 2 aliphatic heterocycles. The van der Waals surface area contributed by atoms with E-state index in [1.54, 1.807) is 23.1 Å². The standard InChI is InChI=1S/C25H29N3O5S/c1-17-15-21(8-9-23(17)28-12-4-7-24(28)30)26-25(31)19-10-13-27(14-11-19)34(32,33)22-6-3-5-20(16-22)18(2)29/h3,5-6,8-9,15-16,19H,4,7,10-14H2,1-2H3,(H,26,31). The molecule has 2 aromatic carbocycles. The molecule has 2 amide bonds. The van der Waals surface area contributed by atoms with Crippen LogP contribution in [0.1, 0.15) is 48.5 Å². The fourth-order valence-electron chi connectivity index (χ4n) is 4.57. The van der Waals surface area contributed by atoms with Crippen molar-refractivity contribution in [1.82, 2.24) is 4.31 Å². The average molecular weight is 484 g/mol. The molecule has 8 nitrogen and oxygen atoms in total. The Labute approximate surface area is 200 Å². The summed E-state index contributed by atoms with van der Waals surface area (Å²) in [5.74, 6) is -0.507. The normalized spacial score (nSPS) is 17.7. The molecule has 0 unspecified atom stereocenters. The van der Waals surface area contributed by atoms with Gasteiger partial charge in [0.15, 0.2) is 5.78 Å². The van der Waals surface area contributed by atoms with Gasteiger partial charge in [-0.1, -0.05) is 12.1 Å². The van der Waals surface area contributed by atoms with E-state index in [0.29, 0.717) is 37.1 Å². The van der Waals surface area contributed by atoms with Crippen molar-refractivity contribution in [2.45, 2.75) is 44.4 Å². The number of rotatable bonds is 6. The van der Waals surface area contributed by atoms with Crippen molar-refractivity contribution in [3.63, 3.8) is 0 Å². The molecule has 34 heavy (non-hydrogen) atoms. The van der Waals surface area contributed by atoms with Crippen LogP contribution in [0.2, 0.25) is 0 Å². The first-order valence-electron chi connectivity index (χ1n) is 11.5. The maximum atomic E-state index is 13.0. The van der Waals surface area contributed by atoms with Crippen molar-refractivity contribution in [3.8, 4) is 0 Å². The van der Waals surface area contributed by atoms with Gasteiger partial charge in [-0.25, -0.2) is 8.42 Å². The highest BCUT2D eigenvalue weighted by Gasteiger charge is 2.32. The maximum absolute atomic E-state index is 13.0. The van der Waals surface area contributed by atoms with Crippen LogP contribution in [0.25, 0.3) is 0 Å². The summed E-state index contributed by atoms with van der Waals surface area (Å²) < 4.78 is 27.4. The molecule has 0 spiro atoms. The lowest BCUT2D eigenvalue weighted by Crippen LogP contribution is -2.41. The number of hydrogen-bond acceptors (Lipinski definition) is 5. The van der Waals surface area contributed by atoms with Gasteiger partial charge in [0.1, 0.15) is 0 Å². The Balaban J connectivity index is 1.37. The smallest absolute Gasteiger partial charge is 0.243 e. The molecule has 2 saturated heterocycles. The lowest BCUT2D eigenvalue weighted by molar-refractivity contribution is -0.121. The second-order valence-corrected chi connectivity index (χ2v) is 10.8. The van der Waals surface area contributed by atoms with Crippen LogP contribution in [0.5, 0.6) is 0 Å². The summed E-state index contributed by atoms with van der Waals surface area (Å²) in [6.07, 6.45) is 2.25. The van der Waals surface area contributed by atoms with Crippen LogP contribution in [-0.2, 0) is 19.6 Å². The van der Waals surface area contributed by atoms with E-state index in [2.05, 4.69) is 5.32 Å². The lowest BCUT2D eigenvalue weighted by Gasteiger charge is -2.30. The Morgan fingerprint density at radius 2 is 1.76 bits per heavy atom. The van der Waals surface area contributed by atoms with Crippen molar-refractivity contribution in [2.24, 2.45) is 5.92 Å². The van der Waals surface area contributed by atoms with Gasteiger partial charge in [-0.3, -0.25) is 14.4 Å². The van der Waals surface area contributed by atoms with E-state index < -0.39 is 10.0 Å². The van der Waals surface area contributed by atoms with Gasteiger partial charge < -0.3 is 10.2 Å². The molecule has 2 fully saturated rings. The first-order valence-corrected chi connectivity index (χ1v) is 12.9. The summed E-state index contributed by atoms with van der Waals surface area (Å²) in [6.45, 7) is 4.50. The number of benzene rings is 2. The number of sulfonamides is 1. The van der Waals surface area contributed by atoms with Crippen molar-refractivity contribution < 1.29 is 22.8 Å². The van der Waals surface area contributed by atoms with Crippen LogP contribution in [0, 0.1) is 12.8 Å². The third-order valence-electron chi connectivity index (χ3n) is 6.53. The predicted molar refractivity (Wildman–Crippen MR) is 129 cm³/mol. The van der Waals surface area contributed by atoms with Crippen LogP contribution in [0.4, 0.5) is 11.4 Å². The Bertz CT molecular complexity index is 1230. The van der Waals surface area contributed by atoms with E-state index in [1.807, 2.05) is 19.1 Å². The molecule has 0 bridgehead atoms. The molecule has 1 N–H and O–H groups in total. The summed E-state index contributed by atoms with van der Waals surface area (Å²) in [5.41, 5.74) is 2.80. The van der Waals surface area contributed by atoms with E-state index in [4.69, 9.17) is 0 Å². The highest BCUT2D eigenvalue weighted by atomic mass is 32.2. The third kappa shape index (κ3) is 4.90. The van der Waals surface area contributed by atoms with E-state index in [0.717, 1.165) is 17.7 Å². The van der Waals surface area contributed by atoms with Gasteiger partial charge in [0.05, 0.1) is 4.90 Å². The molecule has 0 atom stereocenters. The Morgan fingerprint density at radius 1 is 1.03 bits per heavy atom. The van der Waals surface area contributed by atoms with Gasteiger partial charge in [0.25, 0.3) is 0 Å². The van der Waals surface area contributed by atoms with Crippen LogP contribution in [0.15, 0.2) is 47.4 Å². The molecular formula is C25H29N3O5S. The lowest BCUT2D eigenvalue weighted by atomic mass is 9.97. The Morgan fingerprint density at radius 3 is 2.38 bits per heavy atom. The molecule has 2 aliphatic rings. The largest absolute Gasteiger partial charge is 0.326 e. The number of amides is 2. The van der Waals surface area contributed by atoms with Gasteiger partial charge in [0, 0.05) is 48.9 Å². The van der Waals surface area contributed by atoms with Gasteiger partial charge in [0.2, 0.25) is 21.8 Å². The van der Waals surface area contributed by atoms with Crippen molar-refractivity contribution in [1.29, 1.82) is 0 Å². The topological polar surface area (TPSA) is 104 Å². The van der Waals surface area contributed by atoms with Gasteiger partial charge in [-0.05, 0) is 69.0 Å². The molecule has 0 radical (unpaired) electrons. The zero-order chi connectivity index (χ0) is 24.5. The van der Waals surface area contributed by atoms with E-state index in [1.165, 1.54) is 23.4 Å². The van der Waals surface area contributed by atoms with Crippen LogP contribution >= 0.6 is 0 Å². The number of carbonyl (C=O) groups excluding carboxylic acids is 3. The first-order chi connectivity index (χ1) is 16.2. The number of aryl methyl sites for hydroxylation is 1. The molecule has 9 heteroatoms. The fraction of sp³-hybridized carbons (Fsp3) is 0.400. The molecule has 2 heterocycles. The second kappa shape index (κ2) is 9.68. The summed E-state index contributed by atoms with van der Waals surface area (Å²) >= 11 is 0. The van der Waals surface area contributed by atoms with Gasteiger partial charge in [-0.2, -0.15) is 4.31 Å². The summed E-state index contributed by atoms with van der Waals surface area (Å²) in [5, 5.41) is 2.94. The minimum absolute atomic E-state index is 0.0927. The second-order valence-electron chi connectivity index (χ2n) is 8.90. The number of nitrogens with one attached hydrogen (secondary N) is 1. The van der Waals surface area contributed by atoms with Crippen LogP contribution in [0.3, 0.4) is 0 Å². The first kappa shape index (κ1) is 24.1.